The molecule has 0 bridgehead atoms. The Morgan fingerprint density at radius 2 is 2.00 bits per heavy atom. The summed E-state index contributed by atoms with van der Waals surface area (Å²) < 4.78 is 6.34. The summed E-state index contributed by atoms with van der Waals surface area (Å²) in [4.78, 5) is 0. The number of rotatable bonds is 4. The fourth-order valence-electron chi connectivity index (χ4n) is 1.82. The maximum Gasteiger partial charge on any atom is 0.141 e. The Morgan fingerprint density at radius 3 is 2.68 bits per heavy atom. The van der Waals surface area contributed by atoms with Crippen molar-refractivity contribution in [2.24, 2.45) is 0 Å². The van der Waals surface area contributed by atoms with Gasteiger partial charge in [-0.3, -0.25) is 0 Å². The van der Waals surface area contributed by atoms with Crippen LogP contribution in [0, 0.1) is 6.92 Å². The van der Waals surface area contributed by atoms with Crippen LogP contribution in [0.15, 0.2) is 40.9 Å². The van der Waals surface area contributed by atoms with Crippen molar-refractivity contribution in [2.75, 3.05) is 12.4 Å². The lowest BCUT2D eigenvalue weighted by Gasteiger charge is -2.13. The summed E-state index contributed by atoms with van der Waals surface area (Å²) >= 11 is 9.45. The normalized spacial score (nSPS) is 10.3. The Morgan fingerprint density at radius 1 is 1.21 bits per heavy atom. The van der Waals surface area contributed by atoms with Crippen molar-refractivity contribution in [2.45, 2.75) is 13.5 Å². The van der Waals surface area contributed by atoms with E-state index in [4.69, 9.17) is 16.3 Å². The molecule has 0 unspecified atom stereocenters. The highest BCUT2D eigenvalue weighted by Gasteiger charge is 2.05. The maximum absolute atomic E-state index is 5.93. The highest BCUT2D eigenvalue weighted by molar-refractivity contribution is 9.10. The quantitative estimate of drug-likeness (QED) is 0.842. The van der Waals surface area contributed by atoms with E-state index in [0.29, 0.717) is 6.54 Å². The Bertz CT molecular complexity index is 586. The number of hydrogen-bond acceptors (Lipinski definition) is 2. The van der Waals surface area contributed by atoms with Crippen LogP contribution in [0.25, 0.3) is 0 Å². The van der Waals surface area contributed by atoms with Gasteiger partial charge < -0.3 is 10.1 Å². The van der Waals surface area contributed by atoms with Crippen LogP contribution in [0.1, 0.15) is 11.1 Å². The molecule has 2 rings (SSSR count). The monoisotopic (exact) mass is 339 g/mol. The number of methoxy groups -OCH3 is 1. The molecule has 0 radical (unpaired) electrons. The van der Waals surface area contributed by atoms with E-state index in [1.165, 1.54) is 5.56 Å². The molecule has 0 aromatic heterocycles. The van der Waals surface area contributed by atoms with Gasteiger partial charge in [0.15, 0.2) is 0 Å². The van der Waals surface area contributed by atoms with Crippen LogP contribution in [0.2, 0.25) is 5.02 Å². The molecule has 100 valence electrons. The molecule has 2 nitrogen and oxygen atoms in total. The highest BCUT2D eigenvalue weighted by atomic mass is 79.9. The van der Waals surface area contributed by atoms with Crippen molar-refractivity contribution in [3.05, 3.63) is 57.0 Å². The smallest absolute Gasteiger partial charge is 0.141 e. The minimum absolute atomic E-state index is 0.706. The predicted molar refractivity (Wildman–Crippen MR) is 84.2 cm³/mol. The summed E-state index contributed by atoms with van der Waals surface area (Å²) in [6, 6.07) is 11.9. The van der Waals surface area contributed by atoms with Crippen LogP contribution < -0.4 is 10.1 Å². The van der Waals surface area contributed by atoms with Crippen LogP contribution in [0.5, 0.6) is 5.75 Å². The SMILES string of the molecule is COc1ccc(C)cc1NCc1ccc(Cl)cc1Br. The molecular weight excluding hydrogens is 326 g/mol. The standard InChI is InChI=1S/C15H15BrClNO/c1-10-3-6-15(19-2)14(7-10)18-9-11-4-5-12(17)8-13(11)16/h3-8,18H,9H2,1-2H3. The van der Waals surface area contributed by atoms with Crippen molar-refractivity contribution in [1.82, 2.24) is 0 Å². The summed E-state index contributed by atoms with van der Waals surface area (Å²) in [5, 5.41) is 4.11. The minimum atomic E-state index is 0.706. The van der Waals surface area contributed by atoms with E-state index in [0.717, 1.165) is 26.5 Å². The van der Waals surface area contributed by atoms with E-state index in [-0.39, 0.29) is 0 Å². The molecule has 0 fully saturated rings. The average molecular weight is 341 g/mol. The number of benzene rings is 2. The zero-order chi connectivity index (χ0) is 13.8. The molecule has 0 saturated heterocycles. The summed E-state index contributed by atoms with van der Waals surface area (Å²) in [5.74, 6) is 0.843. The molecule has 0 aliphatic heterocycles. The molecule has 2 aromatic rings. The second-order valence-corrected chi connectivity index (χ2v) is 5.58. The van der Waals surface area contributed by atoms with Crippen LogP contribution >= 0.6 is 27.5 Å². The first kappa shape index (κ1) is 14.2. The predicted octanol–water partition coefficient (Wildman–Crippen LogP) is 5.03. The van der Waals surface area contributed by atoms with Gasteiger partial charge >= 0.3 is 0 Å². The first-order valence-corrected chi connectivity index (χ1v) is 7.09. The van der Waals surface area contributed by atoms with E-state index < -0.39 is 0 Å². The van der Waals surface area contributed by atoms with Gasteiger partial charge in [0, 0.05) is 16.0 Å². The lowest BCUT2D eigenvalue weighted by molar-refractivity contribution is 0.416. The summed E-state index contributed by atoms with van der Waals surface area (Å²) in [5.41, 5.74) is 3.33. The number of halogens is 2. The first-order valence-electron chi connectivity index (χ1n) is 5.92. The summed E-state index contributed by atoms with van der Waals surface area (Å²) in [6.07, 6.45) is 0. The Balaban J connectivity index is 2.16. The zero-order valence-electron chi connectivity index (χ0n) is 10.8. The lowest BCUT2D eigenvalue weighted by atomic mass is 10.2. The molecule has 0 heterocycles. The van der Waals surface area contributed by atoms with E-state index in [9.17, 15) is 0 Å². The molecular formula is C15H15BrClNO. The van der Waals surface area contributed by atoms with E-state index in [1.54, 1.807) is 7.11 Å². The largest absolute Gasteiger partial charge is 0.495 e. The summed E-state index contributed by atoms with van der Waals surface area (Å²) in [6.45, 7) is 2.76. The molecule has 0 amide bonds. The topological polar surface area (TPSA) is 21.3 Å². The molecule has 4 heteroatoms. The van der Waals surface area contributed by atoms with Crippen LogP contribution in [0.4, 0.5) is 5.69 Å². The van der Waals surface area contributed by atoms with Crippen LogP contribution in [0.3, 0.4) is 0 Å². The van der Waals surface area contributed by atoms with Crippen molar-refractivity contribution < 1.29 is 4.74 Å². The molecule has 0 saturated carbocycles. The molecule has 0 aliphatic carbocycles. The molecule has 1 N–H and O–H groups in total. The Kier molecular flexibility index (Phi) is 4.72. The Labute approximate surface area is 126 Å². The molecule has 2 aromatic carbocycles. The zero-order valence-corrected chi connectivity index (χ0v) is 13.2. The van der Waals surface area contributed by atoms with Crippen molar-refractivity contribution in [1.29, 1.82) is 0 Å². The van der Waals surface area contributed by atoms with Crippen molar-refractivity contribution in [3.8, 4) is 5.75 Å². The molecule has 0 atom stereocenters. The van der Waals surface area contributed by atoms with Gasteiger partial charge in [0.05, 0.1) is 12.8 Å². The van der Waals surface area contributed by atoms with E-state index >= 15 is 0 Å². The van der Waals surface area contributed by atoms with E-state index in [1.807, 2.05) is 30.3 Å². The fourth-order valence-corrected chi connectivity index (χ4v) is 2.64. The van der Waals surface area contributed by atoms with Gasteiger partial charge in [0.25, 0.3) is 0 Å². The van der Waals surface area contributed by atoms with Gasteiger partial charge in [-0.2, -0.15) is 0 Å². The molecule has 0 aliphatic rings. The molecule has 0 spiro atoms. The van der Waals surface area contributed by atoms with Gasteiger partial charge in [-0.15, -0.1) is 0 Å². The van der Waals surface area contributed by atoms with Crippen molar-refractivity contribution in [3.63, 3.8) is 0 Å². The molecule has 19 heavy (non-hydrogen) atoms. The minimum Gasteiger partial charge on any atom is -0.495 e. The average Bonchev–Trinajstić information content (AvgIpc) is 2.38. The number of aryl methyl sites for hydroxylation is 1. The second-order valence-electron chi connectivity index (χ2n) is 4.29. The number of nitrogens with one attached hydrogen (secondary N) is 1. The third-order valence-corrected chi connectivity index (χ3v) is 3.81. The van der Waals surface area contributed by atoms with E-state index in [2.05, 4.69) is 34.2 Å². The first-order chi connectivity index (χ1) is 9.10. The third-order valence-electron chi connectivity index (χ3n) is 2.84. The maximum atomic E-state index is 5.93. The third kappa shape index (κ3) is 3.64. The number of ether oxygens (including phenoxy) is 1. The van der Waals surface area contributed by atoms with Gasteiger partial charge in [-0.25, -0.2) is 0 Å². The summed E-state index contributed by atoms with van der Waals surface area (Å²) in [7, 11) is 1.67. The van der Waals surface area contributed by atoms with Gasteiger partial charge in [0.1, 0.15) is 5.75 Å². The second kappa shape index (κ2) is 6.31. The lowest BCUT2D eigenvalue weighted by Crippen LogP contribution is -2.02. The number of hydrogen-bond donors (Lipinski definition) is 1. The van der Waals surface area contributed by atoms with Gasteiger partial charge in [-0.1, -0.05) is 39.7 Å². The Hall–Kier alpha value is -1.19. The number of anilines is 1. The highest BCUT2D eigenvalue weighted by Crippen LogP contribution is 2.27. The van der Waals surface area contributed by atoms with Gasteiger partial charge in [-0.05, 0) is 42.3 Å². The van der Waals surface area contributed by atoms with Gasteiger partial charge in [0.2, 0.25) is 0 Å². The van der Waals surface area contributed by atoms with Crippen molar-refractivity contribution >= 4 is 33.2 Å². The van der Waals surface area contributed by atoms with Crippen LogP contribution in [-0.4, -0.2) is 7.11 Å². The van der Waals surface area contributed by atoms with Crippen LogP contribution in [-0.2, 0) is 6.54 Å². The fraction of sp³-hybridized carbons (Fsp3) is 0.200.